The third kappa shape index (κ3) is 4.54. The van der Waals surface area contributed by atoms with Gasteiger partial charge in [-0.1, -0.05) is 12.1 Å². The minimum absolute atomic E-state index is 0.258. The molecule has 0 spiro atoms. The minimum Gasteiger partial charge on any atom is -0.307 e. The Labute approximate surface area is 131 Å². The van der Waals surface area contributed by atoms with Crippen molar-refractivity contribution in [2.75, 3.05) is 45.1 Å². The van der Waals surface area contributed by atoms with E-state index in [1.807, 2.05) is 32.0 Å². The molecule has 2 N–H and O–H groups in total. The Morgan fingerprint density at radius 2 is 1.82 bits per heavy atom. The predicted molar refractivity (Wildman–Crippen MR) is 87.0 cm³/mol. The lowest BCUT2D eigenvalue weighted by molar-refractivity contribution is -0.121. The van der Waals surface area contributed by atoms with E-state index in [0.717, 1.165) is 43.0 Å². The second-order valence-corrected chi connectivity index (χ2v) is 5.83. The second kappa shape index (κ2) is 7.38. The van der Waals surface area contributed by atoms with Crippen LogP contribution in [0.1, 0.15) is 11.1 Å². The molecule has 6 heteroatoms. The Morgan fingerprint density at radius 1 is 1.14 bits per heavy atom. The predicted octanol–water partition coefficient (Wildman–Crippen LogP) is 1.20. The maximum Gasteiger partial charge on any atom is 0.325 e. The molecule has 0 aliphatic carbocycles. The molecule has 0 unspecified atom stereocenters. The third-order valence-corrected chi connectivity index (χ3v) is 4.07. The third-order valence-electron chi connectivity index (χ3n) is 4.07. The molecule has 1 aromatic carbocycles. The van der Waals surface area contributed by atoms with Gasteiger partial charge in [-0.15, -0.1) is 0 Å². The molecule has 3 amide bonds. The number of hydrogen-bond acceptors (Lipinski definition) is 4. The Morgan fingerprint density at radius 3 is 2.50 bits per heavy atom. The molecule has 1 aromatic rings. The highest BCUT2D eigenvalue weighted by Gasteiger charge is 2.17. The van der Waals surface area contributed by atoms with Gasteiger partial charge in [0.15, 0.2) is 0 Å². The van der Waals surface area contributed by atoms with Gasteiger partial charge in [0.25, 0.3) is 0 Å². The van der Waals surface area contributed by atoms with Gasteiger partial charge < -0.3 is 10.2 Å². The number of nitrogens with zero attached hydrogens (tertiary/aromatic N) is 2. The van der Waals surface area contributed by atoms with Crippen LogP contribution in [0, 0.1) is 13.8 Å². The summed E-state index contributed by atoms with van der Waals surface area (Å²) in [5.41, 5.74) is 2.83. The lowest BCUT2D eigenvalue weighted by atomic mass is 10.1. The lowest BCUT2D eigenvalue weighted by Gasteiger charge is -2.31. The van der Waals surface area contributed by atoms with Crippen molar-refractivity contribution in [2.45, 2.75) is 13.8 Å². The number of likely N-dealkylation sites (N-methyl/N-ethyl adjacent to an activating group) is 1. The Kier molecular flexibility index (Phi) is 5.51. The summed E-state index contributed by atoms with van der Waals surface area (Å²) in [6.07, 6.45) is 0. The number of amides is 3. The van der Waals surface area contributed by atoms with Crippen LogP contribution in [0.2, 0.25) is 0 Å². The molecule has 2 rings (SSSR count). The summed E-state index contributed by atoms with van der Waals surface area (Å²) < 4.78 is 0. The SMILES string of the molecule is Cc1cccc(NC(=O)NC(=O)CN2CCN(C)CC2)c1C. The molecular weight excluding hydrogens is 280 g/mol. The summed E-state index contributed by atoms with van der Waals surface area (Å²) in [6.45, 7) is 7.77. The van der Waals surface area contributed by atoms with E-state index in [4.69, 9.17) is 0 Å². The van der Waals surface area contributed by atoms with Crippen LogP contribution in [-0.2, 0) is 4.79 Å². The largest absolute Gasteiger partial charge is 0.325 e. The molecule has 6 nitrogen and oxygen atoms in total. The highest BCUT2D eigenvalue weighted by Crippen LogP contribution is 2.17. The molecule has 0 radical (unpaired) electrons. The van der Waals surface area contributed by atoms with E-state index >= 15 is 0 Å². The zero-order chi connectivity index (χ0) is 16.1. The molecule has 22 heavy (non-hydrogen) atoms. The molecule has 1 aliphatic rings. The molecule has 0 saturated carbocycles. The topological polar surface area (TPSA) is 64.7 Å². The maximum atomic E-state index is 11.9. The first kappa shape index (κ1) is 16.5. The number of carbonyl (C=O) groups excluding carboxylic acids is 2. The average Bonchev–Trinajstić information content (AvgIpc) is 2.46. The first-order valence-corrected chi connectivity index (χ1v) is 7.53. The van der Waals surface area contributed by atoms with Gasteiger partial charge >= 0.3 is 6.03 Å². The van der Waals surface area contributed by atoms with Crippen molar-refractivity contribution in [3.05, 3.63) is 29.3 Å². The Bertz CT molecular complexity index is 551. The van der Waals surface area contributed by atoms with Gasteiger partial charge in [-0.3, -0.25) is 15.0 Å². The second-order valence-electron chi connectivity index (χ2n) is 5.83. The monoisotopic (exact) mass is 304 g/mol. The number of rotatable bonds is 3. The zero-order valence-corrected chi connectivity index (χ0v) is 13.5. The van der Waals surface area contributed by atoms with Crippen molar-refractivity contribution in [1.82, 2.24) is 15.1 Å². The van der Waals surface area contributed by atoms with E-state index in [1.54, 1.807) is 0 Å². The fourth-order valence-electron chi connectivity index (χ4n) is 2.42. The van der Waals surface area contributed by atoms with Gasteiger partial charge in [-0.25, -0.2) is 4.79 Å². The number of aryl methyl sites for hydroxylation is 1. The smallest absolute Gasteiger partial charge is 0.307 e. The standard InChI is InChI=1S/C16H24N4O2/c1-12-5-4-6-14(13(12)2)17-16(22)18-15(21)11-20-9-7-19(3)8-10-20/h4-6H,7-11H2,1-3H3,(H2,17,18,21,22). The summed E-state index contributed by atoms with van der Waals surface area (Å²) in [5.74, 6) is -0.271. The summed E-state index contributed by atoms with van der Waals surface area (Å²) in [6, 6.07) is 5.21. The molecular formula is C16H24N4O2. The van der Waals surface area contributed by atoms with E-state index in [-0.39, 0.29) is 12.5 Å². The normalized spacial score (nSPS) is 16.3. The van der Waals surface area contributed by atoms with Gasteiger partial charge in [0.2, 0.25) is 5.91 Å². The van der Waals surface area contributed by atoms with Crippen LogP contribution >= 0.6 is 0 Å². The molecule has 1 saturated heterocycles. The lowest BCUT2D eigenvalue weighted by Crippen LogP contribution is -2.49. The summed E-state index contributed by atoms with van der Waals surface area (Å²) >= 11 is 0. The molecule has 0 aromatic heterocycles. The average molecular weight is 304 g/mol. The van der Waals surface area contributed by atoms with Crippen molar-refractivity contribution in [3.8, 4) is 0 Å². The fraction of sp³-hybridized carbons (Fsp3) is 0.500. The van der Waals surface area contributed by atoms with Crippen molar-refractivity contribution >= 4 is 17.6 Å². The van der Waals surface area contributed by atoms with E-state index in [9.17, 15) is 9.59 Å². The minimum atomic E-state index is -0.479. The summed E-state index contributed by atoms with van der Waals surface area (Å²) in [4.78, 5) is 28.1. The maximum absolute atomic E-state index is 11.9. The Hall–Kier alpha value is -1.92. The highest BCUT2D eigenvalue weighted by atomic mass is 16.2. The first-order chi connectivity index (χ1) is 10.5. The summed E-state index contributed by atoms with van der Waals surface area (Å²) in [7, 11) is 2.06. The highest BCUT2D eigenvalue weighted by molar-refractivity contribution is 6.02. The van der Waals surface area contributed by atoms with Crippen LogP contribution in [0.3, 0.4) is 0 Å². The van der Waals surface area contributed by atoms with Gasteiger partial charge in [-0.2, -0.15) is 0 Å². The van der Waals surface area contributed by atoms with Crippen molar-refractivity contribution in [1.29, 1.82) is 0 Å². The molecule has 1 heterocycles. The van der Waals surface area contributed by atoms with E-state index in [0.29, 0.717) is 0 Å². The van der Waals surface area contributed by atoms with Crippen molar-refractivity contribution < 1.29 is 9.59 Å². The van der Waals surface area contributed by atoms with Crippen LogP contribution < -0.4 is 10.6 Å². The van der Waals surface area contributed by atoms with Crippen LogP contribution in [0.15, 0.2) is 18.2 Å². The zero-order valence-electron chi connectivity index (χ0n) is 13.5. The molecule has 120 valence electrons. The number of hydrogen-bond donors (Lipinski definition) is 2. The molecule has 1 fully saturated rings. The number of nitrogens with one attached hydrogen (secondary N) is 2. The summed E-state index contributed by atoms with van der Waals surface area (Å²) in [5, 5.41) is 5.12. The number of urea groups is 1. The Balaban J connectivity index is 1.81. The quantitative estimate of drug-likeness (QED) is 0.881. The first-order valence-electron chi connectivity index (χ1n) is 7.53. The van der Waals surface area contributed by atoms with Crippen LogP contribution in [0.5, 0.6) is 0 Å². The molecule has 0 bridgehead atoms. The number of anilines is 1. The van der Waals surface area contributed by atoms with Gasteiger partial charge in [0, 0.05) is 31.9 Å². The number of carbonyl (C=O) groups is 2. The molecule has 0 atom stereocenters. The van der Waals surface area contributed by atoms with Gasteiger partial charge in [0.05, 0.1) is 6.54 Å². The molecule has 1 aliphatic heterocycles. The van der Waals surface area contributed by atoms with Gasteiger partial charge in [0.1, 0.15) is 0 Å². The van der Waals surface area contributed by atoms with Crippen LogP contribution in [0.25, 0.3) is 0 Å². The van der Waals surface area contributed by atoms with E-state index in [2.05, 4.69) is 27.5 Å². The number of imide groups is 1. The van der Waals surface area contributed by atoms with Gasteiger partial charge in [-0.05, 0) is 38.1 Å². The number of piperazine rings is 1. The van der Waals surface area contributed by atoms with Crippen molar-refractivity contribution in [3.63, 3.8) is 0 Å². The van der Waals surface area contributed by atoms with E-state index < -0.39 is 6.03 Å². The van der Waals surface area contributed by atoms with Crippen molar-refractivity contribution in [2.24, 2.45) is 0 Å². The fourth-order valence-corrected chi connectivity index (χ4v) is 2.42. The van der Waals surface area contributed by atoms with Crippen LogP contribution in [-0.4, -0.2) is 61.5 Å². The van der Waals surface area contributed by atoms with Crippen LogP contribution in [0.4, 0.5) is 10.5 Å². The number of benzene rings is 1. The van der Waals surface area contributed by atoms with E-state index in [1.165, 1.54) is 0 Å².